The molecular weight excluding hydrogens is 416 g/mol. The monoisotopic (exact) mass is 446 g/mol. The molecule has 0 amide bonds. The number of ether oxygens (including phenoxy) is 2. The lowest BCUT2D eigenvalue weighted by atomic mass is 10.2. The van der Waals surface area contributed by atoms with Crippen LogP contribution in [0.2, 0.25) is 0 Å². The van der Waals surface area contributed by atoms with E-state index in [0.717, 1.165) is 29.5 Å². The third kappa shape index (κ3) is 5.92. The average Bonchev–Trinajstić information content (AvgIpc) is 3.19. The fourth-order valence-corrected chi connectivity index (χ4v) is 4.22. The van der Waals surface area contributed by atoms with E-state index < -0.39 is 0 Å². The molecule has 168 valence electrons. The SMILES string of the molecule is CCOC(=O)c1sc(C(C)NC(=NC)NCc2cccnc2N2CCOCC2)nc1C. The number of guanidine groups is 1. The number of esters is 1. The zero-order chi connectivity index (χ0) is 22.2. The van der Waals surface area contributed by atoms with E-state index in [4.69, 9.17) is 9.47 Å². The molecule has 1 aliphatic heterocycles. The van der Waals surface area contributed by atoms with E-state index in [9.17, 15) is 4.79 Å². The quantitative estimate of drug-likeness (QED) is 0.380. The van der Waals surface area contributed by atoms with Crippen molar-refractivity contribution in [2.24, 2.45) is 4.99 Å². The number of nitrogens with one attached hydrogen (secondary N) is 2. The molecular formula is C21H30N6O3S. The van der Waals surface area contributed by atoms with Gasteiger partial charge in [0.15, 0.2) is 5.96 Å². The Kier molecular flexibility index (Phi) is 8.19. The molecule has 0 aliphatic carbocycles. The van der Waals surface area contributed by atoms with Gasteiger partial charge in [-0.15, -0.1) is 11.3 Å². The molecule has 2 aromatic heterocycles. The van der Waals surface area contributed by atoms with Gasteiger partial charge in [0.25, 0.3) is 0 Å². The maximum Gasteiger partial charge on any atom is 0.350 e. The van der Waals surface area contributed by atoms with Crippen molar-refractivity contribution in [2.45, 2.75) is 33.4 Å². The van der Waals surface area contributed by atoms with Crippen LogP contribution in [0.5, 0.6) is 0 Å². The molecule has 1 aliphatic rings. The van der Waals surface area contributed by atoms with Crippen molar-refractivity contribution in [3.05, 3.63) is 39.5 Å². The van der Waals surface area contributed by atoms with Gasteiger partial charge in [0.05, 0.1) is 31.6 Å². The molecule has 0 spiro atoms. The molecule has 1 unspecified atom stereocenters. The van der Waals surface area contributed by atoms with Gasteiger partial charge in [0.1, 0.15) is 15.7 Å². The smallest absolute Gasteiger partial charge is 0.350 e. The van der Waals surface area contributed by atoms with Crippen LogP contribution in [0.15, 0.2) is 23.3 Å². The molecule has 3 heterocycles. The van der Waals surface area contributed by atoms with Gasteiger partial charge in [-0.25, -0.2) is 14.8 Å². The summed E-state index contributed by atoms with van der Waals surface area (Å²) in [6, 6.07) is 3.89. The molecule has 0 saturated carbocycles. The van der Waals surface area contributed by atoms with Crippen molar-refractivity contribution in [3.8, 4) is 0 Å². The number of hydrogen-bond acceptors (Lipinski definition) is 8. The first-order valence-electron chi connectivity index (χ1n) is 10.4. The van der Waals surface area contributed by atoms with E-state index in [1.807, 2.05) is 26.1 Å². The van der Waals surface area contributed by atoms with Gasteiger partial charge in [-0.05, 0) is 26.8 Å². The zero-order valence-electron chi connectivity index (χ0n) is 18.5. The van der Waals surface area contributed by atoms with Crippen LogP contribution >= 0.6 is 11.3 Å². The van der Waals surface area contributed by atoms with Gasteiger partial charge < -0.3 is 25.0 Å². The summed E-state index contributed by atoms with van der Waals surface area (Å²) in [6.45, 7) is 9.62. The van der Waals surface area contributed by atoms with Crippen molar-refractivity contribution >= 4 is 29.1 Å². The highest BCUT2D eigenvalue weighted by Gasteiger charge is 2.20. The van der Waals surface area contributed by atoms with Crippen LogP contribution in [0.1, 0.15) is 45.8 Å². The minimum atomic E-state index is -0.328. The molecule has 9 nitrogen and oxygen atoms in total. The van der Waals surface area contributed by atoms with Crippen LogP contribution in [0, 0.1) is 6.92 Å². The summed E-state index contributed by atoms with van der Waals surface area (Å²) < 4.78 is 10.6. The molecule has 2 aromatic rings. The van der Waals surface area contributed by atoms with Gasteiger partial charge in [0, 0.05) is 38.4 Å². The van der Waals surface area contributed by atoms with Gasteiger partial charge in [-0.1, -0.05) is 6.07 Å². The maximum atomic E-state index is 12.1. The summed E-state index contributed by atoms with van der Waals surface area (Å²) in [6.07, 6.45) is 1.81. The fourth-order valence-electron chi connectivity index (χ4n) is 3.26. The number of anilines is 1. The highest BCUT2D eigenvalue weighted by Crippen LogP contribution is 2.24. The Morgan fingerprint density at radius 1 is 1.42 bits per heavy atom. The van der Waals surface area contributed by atoms with E-state index in [1.54, 1.807) is 14.0 Å². The largest absolute Gasteiger partial charge is 0.462 e. The summed E-state index contributed by atoms with van der Waals surface area (Å²) in [5.41, 5.74) is 1.77. The predicted molar refractivity (Wildman–Crippen MR) is 122 cm³/mol. The van der Waals surface area contributed by atoms with Gasteiger partial charge in [-0.2, -0.15) is 0 Å². The number of rotatable bonds is 7. The number of pyridine rings is 1. The Morgan fingerprint density at radius 2 is 2.19 bits per heavy atom. The van der Waals surface area contributed by atoms with E-state index in [-0.39, 0.29) is 12.0 Å². The highest BCUT2D eigenvalue weighted by molar-refractivity contribution is 7.13. The van der Waals surface area contributed by atoms with E-state index in [2.05, 4.69) is 36.6 Å². The number of aryl methyl sites for hydroxylation is 1. The topological polar surface area (TPSA) is 101 Å². The zero-order valence-corrected chi connectivity index (χ0v) is 19.3. The van der Waals surface area contributed by atoms with Crippen molar-refractivity contribution in [1.29, 1.82) is 0 Å². The van der Waals surface area contributed by atoms with E-state index in [0.29, 0.717) is 42.9 Å². The summed E-state index contributed by atoms with van der Waals surface area (Å²) in [7, 11) is 1.73. The number of aromatic nitrogens is 2. The number of carbonyl (C=O) groups excluding carboxylic acids is 1. The van der Waals surface area contributed by atoms with Gasteiger partial charge in [-0.3, -0.25) is 4.99 Å². The molecule has 3 rings (SSSR count). The molecule has 2 N–H and O–H groups in total. The van der Waals surface area contributed by atoms with Crippen molar-refractivity contribution in [3.63, 3.8) is 0 Å². The fraction of sp³-hybridized carbons (Fsp3) is 0.524. The van der Waals surface area contributed by atoms with Crippen LogP contribution < -0.4 is 15.5 Å². The minimum Gasteiger partial charge on any atom is -0.462 e. The number of nitrogens with zero attached hydrogens (tertiary/aromatic N) is 4. The minimum absolute atomic E-state index is 0.120. The Labute approximate surface area is 186 Å². The Morgan fingerprint density at radius 3 is 2.90 bits per heavy atom. The second-order valence-electron chi connectivity index (χ2n) is 7.06. The molecule has 0 radical (unpaired) electrons. The Bertz CT molecular complexity index is 910. The molecule has 0 aromatic carbocycles. The van der Waals surface area contributed by atoms with E-state index >= 15 is 0 Å². The summed E-state index contributed by atoms with van der Waals surface area (Å²) in [4.78, 5) is 28.3. The highest BCUT2D eigenvalue weighted by atomic mass is 32.1. The third-order valence-electron chi connectivity index (χ3n) is 4.85. The van der Waals surface area contributed by atoms with Gasteiger partial charge in [0.2, 0.25) is 0 Å². The first-order chi connectivity index (χ1) is 15.0. The van der Waals surface area contributed by atoms with Crippen molar-refractivity contribution < 1.29 is 14.3 Å². The van der Waals surface area contributed by atoms with Gasteiger partial charge >= 0.3 is 5.97 Å². The molecule has 0 bridgehead atoms. The second kappa shape index (κ2) is 11.1. The third-order valence-corrected chi connectivity index (χ3v) is 6.17. The molecule has 1 saturated heterocycles. The lowest BCUT2D eigenvalue weighted by Crippen LogP contribution is -2.40. The standard InChI is InChI=1S/C21H30N6O3S/c1-5-30-20(28)17-14(2)25-19(31-17)15(3)26-21(22-4)24-13-16-7-6-8-23-18(16)27-9-11-29-12-10-27/h6-8,15H,5,9-13H2,1-4H3,(H2,22,24,26). The average molecular weight is 447 g/mol. The normalized spacial score (nSPS) is 15.5. The van der Waals surface area contributed by atoms with Crippen LogP contribution in [-0.4, -0.2) is 61.9 Å². The van der Waals surface area contributed by atoms with Crippen LogP contribution in [-0.2, 0) is 16.0 Å². The van der Waals surface area contributed by atoms with Crippen LogP contribution in [0.4, 0.5) is 5.82 Å². The summed E-state index contributed by atoms with van der Waals surface area (Å²) in [5.74, 6) is 1.29. The molecule has 1 atom stereocenters. The number of carbonyl (C=O) groups is 1. The molecule has 31 heavy (non-hydrogen) atoms. The first-order valence-corrected chi connectivity index (χ1v) is 11.2. The number of morpholine rings is 1. The molecule has 10 heteroatoms. The number of hydrogen-bond donors (Lipinski definition) is 2. The van der Waals surface area contributed by atoms with E-state index in [1.165, 1.54) is 11.3 Å². The summed E-state index contributed by atoms with van der Waals surface area (Å²) in [5, 5.41) is 7.51. The maximum absolute atomic E-state index is 12.1. The Balaban J connectivity index is 1.63. The molecule has 1 fully saturated rings. The Hall–Kier alpha value is -2.72. The van der Waals surface area contributed by atoms with Crippen LogP contribution in [0.3, 0.4) is 0 Å². The lowest BCUT2D eigenvalue weighted by Gasteiger charge is -2.29. The lowest BCUT2D eigenvalue weighted by molar-refractivity contribution is 0.0531. The second-order valence-corrected chi connectivity index (χ2v) is 8.10. The number of aliphatic imine (C=N–C) groups is 1. The van der Waals surface area contributed by atoms with Crippen molar-refractivity contribution in [2.75, 3.05) is 44.9 Å². The van der Waals surface area contributed by atoms with Crippen LogP contribution in [0.25, 0.3) is 0 Å². The predicted octanol–water partition coefficient (Wildman–Crippen LogP) is 2.29. The number of thiazole rings is 1. The first kappa shape index (κ1) is 23.0. The van der Waals surface area contributed by atoms with Crippen molar-refractivity contribution in [1.82, 2.24) is 20.6 Å². The summed E-state index contributed by atoms with van der Waals surface area (Å²) >= 11 is 1.34.